The highest BCUT2D eigenvalue weighted by Gasteiger charge is 2.30. The number of ether oxygens (including phenoxy) is 1. The number of halogens is 3. The van der Waals surface area contributed by atoms with E-state index in [0.717, 1.165) is 68.7 Å². The number of anilines is 2. The maximum atomic E-state index is 13.8. The summed E-state index contributed by atoms with van der Waals surface area (Å²) in [6.07, 6.45) is 2.07. The van der Waals surface area contributed by atoms with Crippen LogP contribution in [0.3, 0.4) is 0 Å². The molecule has 290 valence electrons. The van der Waals surface area contributed by atoms with Gasteiger partial charge in [0.1, 0.15) is 0 Å². The number of benzene rings is 3. The van der Waals surface area contributed by atoms with Crippen molar-refractivity contribution in [1.29, 1.82) is 0 Å². The molecule has 0 radical (unpaired) electrons. The molecule has 1 aromatic heterocycles. The van der Waals surface area contributed by atoms with Gasteiger partial charge in [-0.25, -0.2) is 0 Å². The van der Waals surface area contributed by atoms with Crippen LogP contribution >= 0.6 is 0 Å². The van der Waals surface area contributed by atoms with Gasteiger partial charge < -0.3 is 25.6 Å². The predicted octanol–water partition coefficient (Wildman–Crippen LogP) is 6.91. The van der Waals surface area contributed by atoms with Crippen molar-refractivity contribution < 1.29 is 32.3 Å². The van der Waals surface area contributed by atoms with Crippen molar-refractivity contribution >= 4 is 29.1 Å². The number of piperidine rings is 2. The topological polar surface area (TPSA) is 116 Å². The van der Waals surface area contributed by atoms with Gasteiger partial charge in [0, 0.05) is 75.0 Å². The minimum absolute atomic E-state index is 0.0350. The molecule has 1 atom stereocenters. The summed E-state index contributed by atoms with van der Waals surface area (Å²) in [7, 11) is 1.60. The number of nitrogens with one attached hydrogen (secondary N) is 3. The Bertz CT molecular complexity index is 1970. The molecule has 0 spiro atoms. The number of methoxy groups -OCH3 is 1. The number of hydrogen-bond acceptors (Lipinski definition) is 7. The zero-order valence-corrected chi connectivity index (χ0v) is 31.0. The molecule has 13 heteroatoms. The molecule has 0 saturated carbocycles. The van der Waals surface area contributed by atoms with E-state index in [-0.39, 0.29) is 29.8 Å². The monoisotopic (exact) mass is 756 g/mol. The van der Waals surface area contributed by atoms with Crippen molar-refractivity contribution in [2.75, 3.05) is 56.7 Å². The molecule has 3 aromatic carbocycles. The highest BCUT2D eigenvalue weighted by molar-refractivity contribution is 6.06. The maximum Gasteiger partial charge on any atom is 0.416 e. The maximum absolute atomic E-state index is 13.8. The number of pyridine rings is 1. The molecule has 0 unspecified atom stereocenters. The number of nitrogens with zero attached hydrogens (tertiary/aromatic N) is 3. The van der Waals surface area contributed by atoms with Crippen molar-refractivity contribution in [1.82, 2.24) is 20.5 Å². The zero-order chi connectivity index (χ0) is 38.8. The lowest BCUT2D eigenvalue weighted by Crippen LogP contribution is -2.43. The molecule has 3 amide bonds. The molecule has 3 N–H and O–H groups in total. The summed E-state index contributed by atoms with van der Waals surface area (Å²) in [6.45, 7) is 4.76. The van der Waals surface area contributed by atoms with Crippen LogP contribution < -0.4 is 20.9 Å². The number of aromatic nitrogens is 1. The Morgan fingerprint density at radius 3 is 2.42 bits per heavy atom. The molecule has 2 saturated heterocycles. The minimum Gasteiger partial charge on any atom is -0.383 e. The van der Waals surface area contributed by atoms with Gasteiger partial charge >= 0.3 is 6.18 Å². The number of rotatable bonds is 13. The molecule has 10 nitrogen and oxygen atoms in total. The highest BCUT2D eigenvalue weighted by atomic mass is 19.4. The molecule has 2 aliphatic heterocycles. The Labute approximate surface area is 319 Å². The summed E-state index contributed by atoms with van der Waals surface area (Å²) in [5.41, 5.74) is 3.83. The molecular weight excluding hydrogens is 709 g/mol. The second-order valence-corrected chi connectivity index (χ2v) is 14.1. The first-order valence-corrected chi connectivity index (χ1v) is 18.8. The summed E-state index contributed by atoms with van der Waals surface area (Å²) in [6, 6.07) is 21.3. The smallest absolute Gasteiger partial charge is 0.383 e. The number of likely N-dealkylation sites (tertiary alicyclic amines) is 1. The summed E-state index contributed by atoms with van der Waals surface area (Å²) in [5.74, 6) is -0.843. The lowest BCUT2D eigenvalue weighted by atomic mass is 9.96. The lowest BCUT2D eigenvalue weighted by Gasteiger charge is -2.32. The van der Waals surface area contributed by atoms with Crippen LogP contribution in [-0.2, 0) is 28.8 Å². The third-order valence-corrected chi connectivity index (χ3v) is 10.1. The van der Waals surface area contributed by atoms with E-state index in [1.165, 1.54) is 24.8 Å². The van der Waals surface area contributed by atoms with E-state index in [1.54, 1.807) is 25.3 Å². The fourth-order valence-electron chi connectivity index (χ4n) is 7.16. The van der Waals surface area contributed by atoms with E-state index in [4.69, 9.17) is 4.74 Å². The van der Waals surface area contributed by atoms with Crippen LogP contribution in [0.1, 0.15) is 69.5 Å². The van der Waals surface area contributed by atoms with E-state index in [2.05, 4.69) is 30.7 Å². The summed E-state index contributed by atoms with van der Waals surface area (Å²) in [4.78, 5) is 48.9. The van der Waals surface area contributed by atoms with Gasteiger partial charge in [-0.3, -0.25) is 24.3 Å². The Morgan fingerprint density at radius 2 is 1.62 bits per heavy atom. The SMILES string of the molecule is COCCNC(=O)[C@H]1CCCN(Cc2cccc(C(=O)Nc3ccc(N4CCCCC4)cc3-c3cc(C(=O)NCc4cccc(C(F)(F)F)c4)ccn3)c2)C1. The van der Waals surface area contributed by atoms with E-state index < -0.39 is 17.6 Å². The van der Waals surface area contributed by atoms with E-state index in [9.17, 15) is 27.6 Å². The van der Waals surface area contributed by atoms with Crippen molar-refractivity contribution in [3.63, 3.8) is 0 Å². The average Bonchev–Trinajstić information content (AvgIpc) is 3.20. The van der Waals surface area contributed by atoms with Crippen LogP contribution in [-0.4, -0.2) is 74.0 Å². The van der Waals surface area contributed by atoms with Gasteiger partial charge in [0.05, 0.1) is 29.5 Å². The third-order valence-electron chi connectivity index (χ3n) is 10.1. The van der Waals surface area contributed by atoms with Crippen molar-refractivity contribution in [3.8, 4) is 11.3 Å². The van der Waals surface area contributed by atoms with Crippen LogP contribution in [0.25, 0.3) is 11.3 Å². The van der Waals surface area contributed by atoms with Gasteiger partial charge in [0.2, 0.25) is 5.91 Å². The van der Waals surface area contributed by atoms with Crippen LogP contribution in [0, 0.1) is 5.92 Å². The van der Waals surface area contributed by atoms with Gasteiger partial charge in [-0.15, -0.1) is 0 Å². The Kier molecular flexibility index (Phi) is 13.2. The van der Waals surface area contributed by atoms with Gasteiger partial charge in [0.15, 0.2) is 0 Å². The van der Waals surface area contributed by atoms with Gasteiger partial charge in [-0.1, -0.05) is 24.3 Å². The quantitative estimate of drug-likeness (QED) is 0.127. The molecule has 4 aromatic rings. The third kappa shape index (κ3) is 10.7. The van der Waals surface area contributed by atoms with Gasteiger partial charge in [-0.05, 0) is 104 Å². The standard InChI is InChI=1S/C42H47F3N6O4/c1-55-21-17-47-40(53)33-11-7-18-50(28-33)27-30-9-5-10-31(22-30)41(54)49-37-14-13-35(51-19-3-2-4-20-51)25-36(37)38-24-32(15-16-46-38)39(52)48-26-29-8-6-12-34(23-29)42(43,44)45/h5-6,8-10,12-16,22-25,33H,2-4,7,11,17-21,26-28H2,1H3,(H,47,53)(H,48,52)(H,49,54)/t33-/m0/s1. The molecule has 55 heavy (non-hydrogen) atoms. The molecule has 0 bridgehead atoms. The Balaban J connectivity index is 1.18. The number of carbonyl (C=O) groups excluding carboxylic acids is 3. The second-order valence-electron chi connectivity index (χ2n) is 14.1. The van der Waals surface area contributed by atoms with Crippen LogP contribution in [0.15, 0.2) is 85.1 Å². The first-order valence-electron chi connectivity index (χ1n) is 18.8. The molecule has 2 aliphatic rings. The molecule has 0 aliphatic carbocycles. The Hall–Kier alpha value is -5.27. The molecule has 2 fully saturated rings. The first-order chi connectivity index (χ1) is 26.6. The van der Waals surface area contributed by atoms with Crippen LogP contribution in [0.2, 0.25) is 0 Å². The Morgan fingerprint density at radius 1 is 0.836 bits per heavy atom. The fourth-order valence-corrected chi connectivity index (χ4v) is 7.16. The number of hydrogen-bond donors (Lipinski definition) is 3. The number of carbonyl (C=O) groups is 3. The zero-order valence-electron chi connectivity index (χ0n) is 31.0. The van der Waals surface area contributed by atoms with E-state index >= 15 is 0 Å². The molecular formula is C42H47F3N6O4. The van der Waals surface area contributed by atoms with E-state index in [0.29, 0.717) is 54.3 Å². The van der Waals surface area contributed by atoms with Crippen molar-refractivity contribution in [3.05, 3.63) is 113 Å². The fraction of sp³-hybridized carbons (Fsp3) is 0.381. The summed E-state index contributed by atoms with van der Waals surface area (Å²) in [5, 5.41) is 8.74. The predicted molar refractivity (Wildman–Crippen MR) is 206 cm³/mol. The molecule has 6 rings (SSSR count). The van der Waals surface area contributed by atoms with Gasteiger partial charge in [-0.2, -0.15) is 13.2 Å². The minimum atomic E-state index is -4.49. The summed E-state index contributed by atoms with van der Waals surface area (Å²) < 4.78 is 44.7. The number of alkyl halides is 3. The van der Waals surface area contributed by atoms with Crippen LogP contribution in [0.4, 0.5) is 24.5 Å². The summed E-state index contributed by atoms with van der Waals surface area (Å²) >= 11 is 0. The van der Waals surface area contributed by atoms with E-state index in [1.807, 2.05) is 36.4 Å². The van der Waals surface area contributed by atoms with Gasteiger partial charge in [0.25, 0.3) is 11.8 Å². The average molecular weight is 757 g/mol. The number of amides is 3. The normalized spacial score (nSPS) is 16.4. The first kappa shape index (κ1) is 39.4. The van der Waals surface area contributed by atoms with Crippen molar-refractivity contribution in [2.24, 2.45) is 5.92 Å². The molecule has 3 heterocycles. The van der Waals surface area contributed by atoms with Crippen molar-refractivity contribution in [2.45, 2.75) is 51.4 Å². The largest absolute Gasteiger partial charge is 0.416 e. The lowest BCUT2D eigenvalue weighted by molar-refractivity contribution is -0.137. The highest BCUT2D eigenvalue weighted by Crippen LogP contribution is 2.34. The van der Waals surface area contributed by atoms with Crippen LogP contribution in [0.5, 0.6) is 0 Å². The second kappa shape index (κ2) is 18.4.